The lowest BCUT2D eigenvalue weighted by atomic mass is 10.1. The fourth-order valence-electron chi connectivity index (χ4n) is 3.95. The molecule has 10 heteroatoms. The maximum atomic E-state index is 13.9. The van der Waals surface area contributed by atoms with E-state index in [4.69, 9.17) is 14.2 Å². The van der Waals surface area contributed by atoms with E-state index in [2.05, 4.69) is 10.5 Å². The Hall–Kier alpha value is -4.83. The summed E-state index contributed by atoms with van der Waals surface area (Å²) in [6.45, 7) is 0.00576. The number of rotatable bonds is 11. The zero-order valence-electron chi connectivity index (χ0n) is 22.3. The topological polar surface area (TPSA) is 107 Å². The normalized spacial score (nSPS) is 11.2. The molecule has 0 heterocycles. The summed E-state index contributed by atoms with van der Waals surface area (Å²) >= 11 is 0. The van der Waals surface area contributed by atoms with E-state index in [0.717, 1.165) is 5.56 Å². The van der Waals surface area contributed by atoms with Gasteiger partial charge in [0.1, 0.15) is 17.2 Å². The van der Waals surface area contributed by atoms with Crippen molar-refractivity contribution in [2.24, 2.45) is 5.10 Å². The number of para-hydroxylation sites is 1. The highest BCUT2D eigenvalue weighted by Crippen LogP contribution is 2.30. The van der Waals surface area contributed by atoms with Crippen LogP contribution in [0, 0.1) is 0 Å². The number of sulfonamides is 1. The summed E-state index contributed by atoms with van der Waals surface area (Å²) < 4.78 is 44.8. The Morgan fingerprint density at radius 1 is 0.825 bits per heavy atom. The van der Waals surface area contributed by atoms with Crippen molar-refractivity contribution >= 4 is 27.8 Å². The first-order chi connectivity index (χ1) is 19.4. The summed E-state index contributed by atoms with van der Waals surface area (Å²) in [4.78, 5) is 13.4. The molecule has 0 aromatic heterocycles. The largest absolute Gasteiger partial charge is 0.497 e. The number of carbonyl (C=O) groups excluding carboxylic acids is 1. The molecule has 4 aromatic rings. The lowest BCUT2D eigenvalue weighted by molar-refractivity contribution is 0.0955. The number of anilines is 1. The predicted octanol–water partition coefficient (Wildman–Crippen LogP) is 4.87. The summed E-state index contributed by atoms with van der Waals surface area (Å²) in [5.74, 6) is 1.07. The Kier molecular flexibility index (Phi) is 9.03. The van der Waals surface area contributed by atoms with Crippen LogP contribution in [0.4, 0.5) is 5.69 Å². The van der Waals surface area contributed by atoms with Gasteiger partial charge in [-0.15, -0.1) is 0 Å². The zero-order valence-corrected chi connectivity index (χ0v) is 23.1. The maximum Gasteiger partial charge on any atom is 0.273 e. The van der Waals surface area contributed by atoms with Gasteiger partial charge in [0.25, 0.3) is 15.9 Å². The molecule has 206 valence electrons. The highest BCUT2D eigenvalue weighted by Gasteiger charge is 2.28. The molecule has 0 aliphatic heterocycles. The molecule has 0 aliphatic carbocycles. The van der Waals surface area contributed by atoms with E-state index in [9.17, 15) is 13.2 Å². The van der Waals surface area contributed by atoms with Crippen LogP contribution in [0.2, 0.25) is 0 Å². The smallest absolute Gasteiger partial charge is 0.273 e. The van der Waals surface area contributed by atoms with Crippen molar-refractivity contribution in [2.75, 3.05) is 25.6 Å². The van der Waals surface area contributed by atoms with Gasteiger partial charge >= 0.3 is 0 Å². The van der Waals surface area contributed by atoms with Gasteiger partial charge in [-0.05, 0) is 54.1 Å². The highest BCUT2D eigenvalue weighted by molar-refractivity contribution is 7.92. The molecule has 0 atom stereocenters. The summed E-state index contributed by atoms with van der Waals surface area (Å²) in [5.41, 5.74) is 4.20. The molecule has 0 saturated carbocycles. The van der Waals surface area contributed by atoms with E-state index < -0.39 is 15.9 Å². The van der Waals surface area contributed by atoms with Crippen LogP contribution in [0.1, 0.15) is 21.5 Å². The van der Waals surface area contributed by atoms with Crippen molar-refractivity contribution in [1.29, 1.82) is 0 Å². The molecule has 0 unspecified atom stereocenters. The molecule has 40 heavy (non-hydrogen) atoms. The van der Waals surface area contributed by atoms with Crippen LogP contribution >= 0.6 is 0 Å². The summed E-state index contributed by atoms with van der Waals surface area (Å²) in [6.07, 6.45) is 1.44. The van der Waals surface area contributed by atoms with Crippen molar-refractivity contribution in [2.45, 2.75) is 11.4 Å². The van der Waals surface area contributed by atoms with Crippen LogP contribution < -0.4 is 23.9 Å². The minimum Gasteiger partial charge on any atom is -0.497 e. The standard InChI is InChI=1S/C30H29N3O6S/c1-37-24-15-17-26(18-16-24)40(35,36)33(21-22-9-5-4-6-10-22)28-12-8-7-11-27(28)30(34)32-31-20-23-13-14-25(38-2)19-29(23)39-3/h4-20H,21H2,1-3H3,(H,32,34)/b31-20-. The van der Waals surface area contributed by atoms with E-state index in [1.165, 1.54) is 36.9 Å². The molecular formula is C30H29N3O6S. The Balaban J connectivity index is 1.68. The van der Waals surface area contributed by atoms with Crippen LogP contribution in [-0.4, -0.2) is 41.9 Å². The van der Waals surface area contributed by atoms with Gasteiger partial charge in [-0.3, -0.25) is 9.10 Å². The first-order valence-electron chi connectivity index (χ1n) is 12.2. The third-order valence-electron chi connectivity index (χ3n) is 6.04. The number of hydrogen-bond donors (Lipinski definition) is 1. The Bertz CT molecular complexity index is 1590. The number of benzene rings is 4. The van der Waals surface area contributed by atoms with Crippen molar-refractivity contribution in [1.82, 2.24) is 5.43 Å². The Morgan fingerprint density at radius 3 is 2.15 bits per heavy atom. The molecule has 0 radical (unpaired) electrons. The first-order valence-corrected chi connectivity index (χ1v) is 13.7. The van der Waals surface area contributed by atoms with Gasteiger partial charge in [-0.2, -0.15) is 5.10 Å². The van der Waals surface area contributed by atoms with Crippen molar-refractivity contribution < 1.29 is 27.4 Å². The van der Waals surface area contributed by atoms with Gasteiger partial charge in [0.15, 0.2) is 0 Å². The van der Waals surface area contributed by atoms with Crippen molar-refractivity contribution in [3.63, 3.8) is 0 Å². The molecule has 1 amide bonds. The molecule has 4 aromatic carbocycles. The average Bonchev–Trinajstić information content (AvgIpc) is 3.00. The minimum atomic E-state index is -4.08. The fraction of sp³-hybridized carbons (Fsp3) is 0.133. The van der Waals surface area contributed by atoms with Crippen LogP contribution in [-0.2, 0) is 16.6 Å². The number of ether oxygens (including phenoxy) is 3. The Labute approximate surface area is 233 Å². The SMILES string of the molecule is COc1ccc(S(=O)(=O)N(Cc2ccccc2)c2ccccc2C(=O)N/N=C\c2ccc(OC)cc2OC)cc1. The number of nitrogens with zero attached hydrogens (tertiary/aromatic N) is 2. The monoisotopic (exact) mass is 559 g/mol. The molecule has 0 fully saturated rings. The number of carbonyl (C=O) groups is 1. The van der Waals surface area contributed by atoms with Gasteiger partial charge in [-0.25, -0.2) is 13.8 Å². The lowest BCUT2D eigenvalue weighted by Gasteiger charge is -2.26. The minimum absolute atomic E-state index is 0.00576. The molecular weight excluding hydrogens is 530 g/mol. The first kappa shape index (κ1) is 28.2. The van der Waals surface area contributed by atoms with E-state index in [0.29, 0.717) is 22.8 Å². The molecule has 4 rings (SSSR count). The van der Waals surface area contributed by atoms with Gasteiger partial charge in [0.05, 0.1) is 50.2 Å². The van der Waals surface area contributed by atoms with Crippen LogP contribution in [0.15, 0.2) is 107 Å². The summed E-state index contributed by atoms with van der Waals surface area (Å²) in [6, 6.07) is 26.9. The fourth-order valence-corrected chi connectivity index (χ4v) is 5.42. The number of nitrogens with one attached hydrogen (secondary N) is 1. The van der Waals surface area contributed by atoms with Crippen molar-refractivity contribution in [3.05, 3.63) is 114 Å². The highest BCUT2D eigenvalue weighted by atomic mass is 32.2. The van der Waals surface area contributed by atoms with Gasteiger partial charge in [-0.1, -0.05) is 42.5 Å². The lowest BCUT2D eigenvalue weighted by Crippen LogP contribution is -2.33. The van der Waals surface area contributed by atoms with Gasteiger partial charge < -0.3 is 14.2 Å². The van der Waals surface area contributed by atoms with Crippen LogP contribution in [0.5, 0.6) is 17.2 Å². The molecule has 0 bridgehead atoms. The summed E-state index contributed by atoms with van der Waals surface area (Å²) in [5, 5.41) is 4.08. The van der Waals surface area contributed by atoms with Gasteiger partial charge in [0.2, 0.25) is 0 Å². The van der Waals surface area contributed by atoms with Crippen molar-refractivity contribution in [3.8, 4) is 17.2 Å². The van der Waals surface area contributed by atoms with E-state index in [1.807, 2.05) is 30.3 Å². The van der Waals surface area contributed by atoms with Crippen LogP contribution in [0.25, 0.3) is 0 Å². The Morgan fingerprint density at radius 2 is 1.48 bits per heavy atom. The molecule has 0 spiro atoms. The van der Waals surface area contributed by atoms with Gasteiger partial charge in [0, 0.05) is 11.6 Å². The maximum absolute atomic E-state index is 13.9. The van der Waals surface area contributed by atoms with E-state index in [-0.39, 0.29) is 22.7 Å². The van der Waals surface area contributed by atoms with E-state index in [1.54, 1.807) is 61.7 Å². The van der Waals surface area contributed by atoms with E-state index >= 15 is 0 Å². The summed E-state index contributed by atoms with van der Waals surface area (Å²) in [7, 11) is 0.497. The second-order valence-corrected chi connectivity index (χ2v) is 10.4. The quantitative estimate of drug-likeness (QED) is 0.208. The third kappa shape index (κ3) is 6.41. The average molecular weight is 560 g/mol. The molecule has 0 aliphatic rings. The molecule has 1 N–H and O–H groups in total. The predicted molar refractivity (Wildman–Crippen MR) is 154 cm³/mol. The second-order valence-electron chi connectivity index (χ2n) is 8.50. The number of amides is 1. The number of methoxy groups -OCH3 is 3. The molecule has 0 saturated heterocycles. The van der Waals surface area contributed by atoms with Crippen LogP contribution in [0.3, 0.4) is 0 Å². The zero-order chi connectivity index (χ0) is 28.5. The number of hydrazone groups is 1. The molecule has 9 nitrogen and oxygen atoms in total. The second kappa shape index (κ2) is 12.8. The number of hydrogen-bond acceptors (Lipinski definition) is 7. The third-order valence-corrected chi connectivity index (χ3v) is 7.82.